The van der Waals surface area contributed by atoms with Gasteiger partial charge in [-0.3, -0.25) is 0 Å². The lowest BCUT2D eigenvalue weighted by atomic mass is 10.1. The molecule has 0 spiro atoms. The van der Waals surface area contributed by atoms with Crippen molar-refractivity contribution in [2.24, 2.45) is 0 Å². The van der Waals surface area contributed by atoms with E-state index in [1.807, 2.05) is 95.7 Å². The highest BCUT2D eigenvalue weighted by molar-refractivity contribution is 5.70. The van der Waals surface area contributed by atoms with Crippen LogP contribution in [0.5, 0.6) is 0 Å². The van der Waals surface area contributed by atoms with Gasteiger partial charge in [-0.25, -0.2) is 4.68 Å². The zero-order valence-corrected chi connectivity index (χ0v) is 15.1. The van der Waals surface area contributed by atoms with Crippen molar-refractivity contribution in [1.82, 2.24) is 14.9 Å². The molecule has 28 heavy (non-hydrogen) atoms. The van der Waals surface area contributed by atoms with E-state index in [1.54, 1.807) is 0 Å². The van der Waals surface area contributed by atoms with E-state index in [-0.39, 0.29) is 0 Å². The van der Waals surface area contributed by atoms with Crippen molar-refractivity contribution < 1.29 is 4.52 Å². The Balaban J connectivity index is 1.62. The average molecular weight is 363 g/mol. The van der Waals surface area contributed by atoms with Crippen LogP contribution in [0.25, 0.3) is 39.7 Å². The van der Waals surface area contributed by atoms with E-state index in [4.69, 9.17) is 9.62 Å². The van der Waals surface area contributed by atoms with Crippen LogP contribution in [0, 0.1) is 0 Å². The molecule has 0 N–H and O–H groups in total. The fraction of sp³-hybridized carbons (Fsp3) is 0. The van der Waals surface area contributed by atoms with E-state index in [1.165, 1.54) is 0 Å². The van der Waals surface area contributed by atoms with E-state index in [0.29, 0.717) is 5.76 Å². The average Bonchev–Trinajstić information content (AvgIpc) is 3.43. The first-order valence-electron chi connectivity index (χ1n) is 9.12. The van der Waals surface area contributed by atoms with Gasteiger partial charge in [-0.2, -0.15) is 5.10 Å². The Morgan fingerprint density at radius 2 is 1.21 bits per heavy atom. The lowest BCUT2D eigenvalue weighted by Crippen LogP contribution is -1.98. The van der Waals surface area contributed by atoms with Gasteiger partial charge in [-0.05, 0) is 18.2 Å². The summed E-state index contributed by atoms with van der Waals surface area (Å²) in [5.41, 5.74) is 5.65. The standard InChI is InChI=1S/C24H17N3O/c1-4-10-18(11-5-1)21-17-24(28-26-21)22-16-23(19-12-6-2-7-13-19)27(25-22)20-14-8-3-9-15-20/h1-17H. The highest BCUT2D eigenvalue weighted by Crippen LogP contribution is 2.30. The summed E-state index contributed by atoms with van der Waals surface area (Å²) in [5.74, 6) is 0.644. The fourth-order valence-electron chi connectivity index (χ4n) is 3.22. The molecule has 0 bridgehead atoms. The molecule has 134 valence electrons. The molecule has 0 saturated carbocycles. The molecule has 5 rings (SSSR count). The normalized spacial score (nSPS) is 10.9. The van der Waals surface area contributed by atoms with Crippen molar-refractivity contribution in [3.63, 3.8) is 0 Å². The van der Waals surface area contributed by atoms with Crippen molar-refractivity contribution in [1.29, 1.82) is 0 Å². The van der Waals surface area contributed by atoms with Crippen LogP contribution in [0.3, 0.4) is 0 Å². The smallest absolute Gasteiger partial charge is 0.187 e. The molecule has 4 nitrogen and oxygen atoms in total. The monoisotopic (exact) mass is 363 g/mol. The van der Waals surface area contributed by atoms with Gasteiger partial charge in [0.25, 0.3) is 0 Å². The van der Waals surface area contributed by atoms with E-state index >= 15 is 0 Å². The fourth-order valence-corrected chi connectivity index (χ4v) is 3.22. The van der Waals surface area contributed by atoms with Crippen LogP contribution in [0.15, 0.2) is 108 Å². The quantitative estimate of drug-likeness (QED) is 0.402. The number of rotatable bonds is 4. The molecule has 0 radical (unpaired) electrons. The minimum absolute atomic E-state index is 0.644. The Labute approximate surface area is 162 Å². The topological polar surface area (TPSA) is 43.9 Å². The van der Waals surface area contributed by atoms with Crippen LogP contribution >= 0.6 is 0 Å². The highest BCUT2D eigenvalue weighted by atomic mass is 16.5. The molecule has 3 aromatic carbocycles. The Bertz CT molecular complexity index is 1140. The molecule has 0 fully saturated rings. The van der Waals surface area contributed by atoms with E-state index < -0.39 is 0 Å². The first-order chi connectivity index (χ1) is 13.9. The zero-order chi connectivity index (χ0) is 18.8. The maximum Gasteiger partial charge on any atom is 0.187 e. The molecule has 0 aliphatic carbocycles. The minimum Gasteiger partial charge on any atom is -0.354 e. The molecule has 0 aliphatic rings. The predicted octanol–water partition coefficient (Wildman–Crippen LogP) is 5.86. The SMILES string of the molecule is c1ccc(-c2cc(-c3cc(-c4ccccc4)n(-c4ccccc4)n3)on2)cc1. The summed E-state index contributed by atoms with van der Waals surface area (Å²) in [4.78, 5) is 0. The molecule has 5 aromatic rings. The van der Waals surface area contributed by atoms with Crippen molar-refractivity contribution in [2.45, 2.75) is 0 Å². The maximum atomic E-state index is 5.62. The molecule has 0 unspecified atom stereocenters. The van der Waals surface area contributed by atoms with Crippen molar-refractivity contribution >= 4 is 0 Å². The third-order valence-corrected chi connectivity index (χ3v) is 4.61. The molecule has 0 aliphatic heterocycles. The zero-order valence-electron chi connectivity index (χ0n) is 15.1. The van der Waals surface area contributed by atoms with Crippen LogP contribution in [0.4, 0.5) is 0 Å². The number of benzene rings is 3. The van der Waals surface area contributed by atoms with Gasteiger partial charge in [0, 0.05) is 17.2 Å². The van der Waals surface area contributed by atoms with E-state index in [9.17, 15) is 0 Å². The second-order valence-corrected chi connectivity index (χ2v) is 6.47. The summed E-state index contributed by atoms with van der Waals surface area (Å²) >= 11 is 0. The van der Waals surface area contributed by atoms with Gasteiger partial charge in [0.1, 0.15) is 11.4 Å². The van der Waals surface area contributed by atoms with Gasteiger partial charge in [0.05, 0.1) is 11.4 Å². The largest absolute Gasteiger partial charge is 0.354 e. The number of aromatic nitrogens is 3. The number of hydrogen-bond acceptors (Lipinski definition) is 3. The molecule has 4 heteroatoms. The predicted molar refractivity (Wildman–Crippen MR) is 110 cm³/mol. The molecular weight excluding hydrogens is 346 g/mol. The summed E-state index contributed by atoms with van der Waals surface area (Å²) in [6.45, 7) is 0. The van der Waals surface area contributed by atoms with E-state index in [0.717, 1.165) is 33.9 Å². The second-order valence-electron chi connectivity index (χ2n) is 6.47. The first kappa shape index (κ1) is 16.3. The summed E-state index contributed by atoms with van der Waals surface area (Å²) < 4.78 is 7.56. The van der Waals surface area contributed by atoms with Crippen molar-refractivity contribution in [3.05, 3.63) is 103 Å². The summed E-state index contributed by atoms with van der Waals surface area (Å²) in [5, 5.41) is 9.04. The van der Waals surface area contributed by atoms with Gasteiger partial charge in [-0.15, -0.1) is 0 Å². The summed E-state index contributed by atoms with van der Waals surface area (Å²) in [7, 11) is 0. The molecule has 2 aromatic heterocycles. The Hall–Kier alpha value is -3.92. The van der Waals surface area contributed by atoms with Gasteiger partial charge < -0.3 is 4.52 Å². The third kappa shape index (κ3) is 3.01. The number of para-hydroxylation sites is 1. The van der Waals surface area contributed by atoms with Gasteiger partial charge in [-0.1, -0.05) is 84.0 Å². The van der Waals surface area contributed by atoms with Crippen LogP contribution in [-0.2, 0) is 0 Å². The molecule has 2 heterocycles. The minimum atomic E-state index is 0.644. The number of nitrogens with zero attached hydrogens (tertiary/aromatic N) is 3. The van der Waals surface area contributed by atoms with Gasteiger partial charge in [0.15, 0.2) is 5.76 Å². The highest BCUT2D eigenvalue weighted by Gasteiger charge is 2.16. The van der Waals surface area contributed by atoms with Crippen LogP contribution in [-0.4, -0.2) is 14.9 Å². The van der Waals surface area contributed by atoms with E-state index in [2.05, 4.69) is 17.3 Å². The maximum absolute atomic E-state index is 5.62. The lowest BCUT2D eigenvalue weighted by Gasteiger charge is -2.07. The van der Waals surface area contributed by atoms with Crippen LogP contribution in [0.1, 0.15) is 0 Å². The van der Waals surface area contributed by atoms with Gasteiger partial charge in [0.2, 0.25) is 0 Å². The van der Waals surface area contributed by atoms with Crippen LogP contribution < -0.4 is 0 Å². The van der Waals surface area contributed by atoms with Crippen molar-refractivity contribution in [3.8, 4) is 39.7 Å². The van der Waals surface area contributed by atoms with Gasteiger partial charge >= 0.3 is 0 Å². The Morgan fingerprint density at radius 1 is 0.607 bits per heavy atom. The molecule has 0 saturated heterocycles. The second kappa shape index (κ2) is 7.00. The molecular formula is C24H17N3O. The first-order valence-corrected chi connectivity index (χ1v) is 9.12. The lowest BCUT2D eigenvalue weighted by molar-refractivity contribution is 0.433. The molecule has 0 amide bonds. The third-order valence-electron chi connectivity index (χ3n) is 4.61. The Morgan fingerprint density at radius 3 is 1.89 bits per heavy atom. The van der Waals surface area contributed by atoms with Crippen molar-refractivity contribution in [2.75, 3.05) is 0 Å². The molecule has 0 atom stereocenters. The Kier molecular flexibility index (Phi) is 4.07. The number of hydrogen-bond donors (Lipinski definition) is 0. The summed E-state index contributed by atoms with van der Waals surface area (Å²) in [6.07, 6.45) is 0. The van der Waals surface area contributed by atoms with Crippen LogP contribution in [0.2, 0.25) is 0 Å². The summed E-state index contributed by atoms with van der Waals surface area (Å²) in [6, 6.07) is 34.3.